The largest absolute Gasteiger partial charge is 0.438 e. The van der Waals surface area contributed by atoms with Crippen LogP contribution < -0.4 is 5.32 Å². The van der Waals surface area contributed by atoms with Gasteiger partial charge in [-0.1, -0.05) is 54.6 Å². The Balaban J connectivity index is 1.29. The standard InChI is InChI=1S/C29H33N3O4S/c1-19(20-9-11-21(12-10-20)26-30-17-24(37-26)25(33)31-23-13-14-23)32-16-15-29(36-27(32)34,18-28(2,3)35)22-7-5-4-6-8-22/h4-12,17,19,23,35H,13-16,18H2,1-3H3,(H,31,33). The molecule has 0 bridgehead atoms. The summed E-state index contributed by atoms with van der Waals surface area (Å²) < 4.78 is 6.12. The minimum Gasteiger partial charge on any atom is -0.438 e. The lowest BCUT2D eigenvalue weighted by Gasteiger charge is -2.45. The van der Waals surface area contributed by atoms with Gasteiger partial charge in [0.1, 0.15) is 15.5 Å². The van der Waals surface area contributed by atoms with Gasteiger partial charge in [-0.05, 0) is 44.7 Å². The van der Waals surface area contributed by atoms with Crippen LogP contribution in [0.3, 0.4) is 0 Å². The van der Waals surface area contributed by atoms with Crippen LogP contribution in [0.25, 0.3) is 10.6 Å². The highest BCUT2D eigenvalue weighted by Gasteiger charge is 2.46. The summed E-state index contributed by atoms with van der Waals surface area (Å²) in [7, 11) is 0. The maximum atomic E-state index is 13.3. The highest BCUT2D eigenvalue weighted by Crippen LogP contribution is 2.42. The third-order valence-electron chi connectivity index (χ3n) is 7.04. The molecule has 3 aromatic rings. The van der Waals surface area contributed by atoms with E-state index in [1.54, 1.807) is 24.9 Å². The number of thiazole rings is 1. The Hall–Kier alpha value is -3.23. The van der Waals surface area contributed by atoms with Gasteiger partial charge in [-0.2, -0.15) is 0 Å². The molecular formula is C29H33N3O4S. The summed E-state index contributed by atoms with van der Waals surface area (Å²) >= 11 is 1.38. The number of amides is 2. The lowest BCUT2D eigenvalue weighted by Crippen LogP contribution is -2.51. The summed E-state index contributed by atoms with van der Waals surface area (Å²) in [5.41, 5.74) is 0.953. The minimum absolute atomic E-state index is 0.0590. The van der Waals surface area contributed by atoms with Crippen molar-refractivity contribution in [3.8, 4) is 10.6 Å². The van der Waals surface area contributed by atoms with Crippen molar-refractivity contribution in [2.45, 2.75) is 69.7 Å². The number of hydrogen-bond acceptors (Lipinski definition) is 6. The van der Waals surface area contributed by atoms with E-state index in [0.29, 0.717) is 30.3 Å². The fourth-order valence-corrected chi connectivity index (χ4v) is 5.80. The number of benzene rings is 2. The van der Waals surface area contributed by atoms with Crippen molar-refractivity contribution in [3.05, 3.63) is 76.8 Å². The molecule has 2 aromatic carbocycles. The molecule has 2 atom stereocenters. The zero-order valence-electron chi connectivity index (χ0n) is 21.4. The molecule has 0 radical (unpaired) electrons. The van der Waals surface area contributed by atoms with Crippen molar-refractivity contribution in [2.24, 2.45) is 0 Å². The van der Waals surface area contributed by atoms with Crippen molar-refractivity contribution in [3.63, 3.8) is 0 Å². The van der Waals surface area contributed by atoms with Crippen LogP contribution in [0.1, 0.15) is 73.3 Å². The highest BCUT2D eigenvalue weighted by molar-refractivity contribution is 7.16. The second-order valence-electron chi connectivity index (χ2n) is 10.7. The Labute approximate surface area is 221 Å². The SMILES string of the molecule is CC(c1ccc(-c2ncc(C(=O)NC3CC3)s2)cc1)N1CCC(CC(C)(C)O)(c2ccccc2)OC1=O. The normalized spacial score (nSPS) is 20.9. The molecule has 2 N–H and O–H groups in total. The van der Waals surface area contributed by atoms with Gasteiger partial charge in [-0.25, -0.2) is 9.78 Å². The number of ether oxygens (including phenoxy) is 1. The van der Waals surface area contributed by atoms with Crippen LogP contribution in [0.2, 0.25) is 0 Å². The van der Waals surface area contributed by atoms with E-state index in [-0.39, 0.29) is 18.0 Å². The first kappa shape index (κ1) is 25.4. The monoisotopic (exact) mass is 519 g/mol. The van der Waals surface area contributed by atoms with Crippen LogP contribution in [-0.2, 0) is 10.3 Å². The van der Waals surface area contributed by atoms with Gasteiger partial charge >= 0.3 is 6.09 Å². The van der Waals surface area contributed by atoms with E-state index in [2.05, 4.69) is 10.3 Å². The van der Waals surface area contributed by atoms with Crippen LogP contribution in [0.5, 0.6) is 0 Å². The molecule has 8 heteroatoms. The second-order valence-corrected chi connectivity index (χ2v) is 11.8. The van der Waals surface area contributed by atoms with Crippen LogP contribution in [0, 0.1) is 0 Å². The fourth-order valence-electron chi connectivity index (χ4n) is 4.97. The molecule has 5 rings (SSSR count). The molecule has 1 aliphatic heterocycles. The molecule has 2 fully saturated rings. The smallest absolute Gasteiger partial charge is 0.411 e. The first-order valence-electron chi connectivity index (χ1n) is 12.8. The Bertz CT molecular complexity index is 1260. The predicted octanol–water partition coefficient (Wildman–Crippen LogP) is 5.66. The molecule has 7 nitrogen and oxygen atoms in total. The molecule has 194 valence electrons. The summed E-state index contributed by atoms with van der Waals surface area (Å²) in [5.74, 6) is -0.0590. The molecular weight excluding hydrogens is 486 g/mol. The predicted molar refractivity (Wildman–Crippen MR) is 143 cm³/mol. The lowest BCUT2D eigenvalue weighted by atomic mass is 9.80. The van der Waals surface area contributed by atoms with Crippen molar-refractivity contribution < 1.29 is 19.4 Å². The molecule has 2 heterocycles. The van der Waals surface area contributed by atoms with Crippen LogP contribution in [0.4, 0.5) is 4.79 Å². The third kappa shape index (κ3) is 5.70. The first-order chi connectivity index (χ1) is 17.6. The zero-order valence-corrected chi connectivity index (χ0v) is 22.3. The van der Waals surface area contributed by atoms with Gasteiger partial charge in [-0.3, -0.25) is 4.79 Å². The average molecular weight is 520 g/mol. The van der Waals surface area contributed by atoms with E-state index in [1.165, 1.54) is 11.3 Å². The Morgan fingerprint density at radius 1 is 1.22 bits per heavy atom. The van der Waals surface area contributed by atoms with Gasteiger partial charge in [0.2, 0.25) is 0 Å². The number of rotatable bonds is 8. The number of hydrogen-bond donors (Lipinski definition) is 2. The number of nitrogens with one attached hydrogen (secondary N) is 1. The van der Waals surface area contributed by atoms with Crippen molar-refractivity contribution in [1.82, 2.24) is 15.2 Å². The Kier molecular flexibility index (Phi) is 6.81. The van der Waals surface area contributed by atoms with Gasteiger partial charge in [0.05, 0.1) is 17.8 Å². The molecule has 2 amide bonds. The Morgan fingerprint density at radius 2 is 1.92 bits per heavy atom. The fraction of sp³-hybridized carbons (Fsp3) is 0.414. The summed E-state index contributed by atoms with van der Waals surface area (Å²) in [6.07, 6.45) is 4.25. The van der Waals surface area contributed by atoms with Crippen molar-refractivity contribution >= 4 is 23.3 Å². The van der Waals surface area contributed by atoms with Crippen LogP contribution in [0.15, 0.2) is 60.8 Å². The van der Waals surface area contributed by atoms with E-state index in [1.807, 2.05) is 61.5 Å². The number of aromatic nitrogens is 1. The lowest BCUT2D eigenvalue weighted by molar-refractivity contribution is -0.101. The molecule has 37 heavy (non-hydrogen) atoms. The summed E-state index contributed by atoms with van der Waals surface area (Å²) in [6, 6.07) is 17.8. The zero-order chi connectivity index (χ0) is 26.2. The molecule has 0 spiro atoms. The van der Waals surface area contributed by atoms with E-state index in [0.717, 1.165) is 34.5 Å². The summed E-state index contributed by atoms with van der Waals surface area (Å²) in [6.45, 7) is 5.99. The maximum Gasteiger partial charge on any atom is 0.411 e. The van der Waals surface area contributed by atoms with Gasteiger partial charge in [0, 0.05) is 31.0 Å². The van der Waals surface area contributed by atoms with Crippen molar-refractivity contribution in [2.75, 3.05) is 6.54 Å². The second kappa shape index (κ2) is 9.91. The molecule has 2 unspecified atom stereocenters. The van der Waals surface area contributed by atoms with Gasteiger partial charge in [-0.15, -0.1) is 11.3 Å². The van der Waals surface area contributed by atoms with E-state index >= 15 is 0 Å². The molecule has 1 saturated carbocycles. The van der Waals surface area contributed by atoms with Crippen LogP contribution >= 0.6 is 11.3 Å². The number of carbonyl (C=O) groups is 2. The molecule has 2 aliphatic rings. The minimum atomic E-state index is -0.992. The molecule has 1 aromatic heterocycles. The molecule has 1 aliphatic carbocycles. The quantitative estimate of drug-likeness (QED) is 0.401. The number of cyclic esters (lactones) is 1. The average Bonchev–Trinajstić information content (AvgIpc) is 3.54. The van der Waals surface area contributed by atoms with Crippen molar-refractivity contribution in [1.29, 1.82) is 0 Å². The summed E-state index contributed by atoms with van der Waals surface area (Å²) in [4.78, 5) is 32.4. The maximum absolute atomic E-state index is 13.3. The molecule has 1 saturated heterocycles. The van der Waals surface area contributed by atoms with E-state index < -0.39 is 11.2 Å². The highest BCUT2D eigenvalue weighted by atomic mass is 32.1. The van der Waals surface area contributed by atoms with Gasteiger partial charge in [0.15, 0.2) is 0 Å². The topological polar surface area (TPSA) is 91.8 Å². The third-order valence-corrected chi connectivity index (χ3v) is 8.09. The van der Waals surface area contributed by atoms with E-state index in [9.17, 15) is 14.7 Å². The van der Waals surface area contributed by atoms with Gasteiger partial charge < -0.3 is 20.1 Å². The van der Waals surface area contributed by atoms with Gasteiger partial charge in [0.25, 0.3) is 5.91 Å². The van der Waals surface area contributed by atoms with Crippen LogP contribution in [-0.4, -0.2) is 45.2 Å². The first-order valence-corrected chi connectivity index (χ1v) is 13.6. The summed E-state index contributed by atoms with van der Waals surface area (Å²) in [5, 5.41) is 14.4. The van der Waals surface area contributed by atoms with E-state index in [4.69, 9.17) is 4.74 Å². The number of aliphatic hydroxyl groups is 1. The number of nitrogens with zero attached hydrogens (tertiary/aromatic N) is 2. The number of carbonyl (C=O) groups excluding carboxylic acids is 2. The Morgan fingerprint density at radius 3 is 2.54 bits per heavy atom.